The fourth-order valence-corrected chi connectivity index (χ4v) is 5.96. The number of rotatable bonds is 9. The van der Waals surface area contributed by atoms with Crippen molar-refractivity contribution in [1.82, 2.24) is 35.4 Å². The van der Waals surface area contributed by atoms with E-state index in [4.69, 9.17) is 4.98 Å². The maximum absolute atomic E-state index is 13.0. The van der Waals surface area contributed by atoms with Gasteiger partial charge in [-0.15, -0.1) is 10.2 Å². The van der Waals surface area contributed by atoms with Crippen molar-refractivity contribution in [2.45, 2.75) is 51.3 Å². The molecule has 1 N–H and O–H groups in total. The molecule has 0 spiro atoms. The third-order valence-corrected chi connectivity index (χ3v) is 8.91. The van der Waals surface area contributed by atoms with Gasteiger partial charge in [-0.25, -0.2) is 8.42 Å². The van der Waals surface area contributed by atoms with E-state index in [1.165, 1.54) is 10.4 Å². The SMILES string of the molecule is CCS(=O)(=O)c1ccc(CNC(=O)c2cnc3c(c2)CN(Cc2ccc(-c4nnn(C)n4)cc2)C3C(C)C)cc1. The summed E-state index contributed by atoms with van der Waals surface area (Å²) in [7, 11) is -1.51. The zero-order valence-corrected chi connectivity index (χ0v) is 23.9. The van der Waals surface area contributed by atoms with Crippen LogP contribution in [0.3, 0.4) is 0 Å². The minimum absolute atomic E-state index is 0.0530. The highest BCUT2D eigenvalue weighted by Crippen LogP contribution is 2.38. The molecular weight excluding hydrogens is 526 g/mol. The van der Waals surface area contributed by atoms with Gasteiger partial charge < -0.3 is 5.32 Å². The van der Waals surface area contributed by atoms with Crippen LogP contribution in [0, 0.1) is 5.92 Å². The van der Waals surface area contributed by atoms with Gasteiger partial charge in [0.2, 0.25) is 5.82 Å². The molecule has 4 aromatic rings. The van der Waals surface area contributed by atoms with Gasteiger partial charge in [0, 0.05) is 31.4 Å². The van der Waals surface area contributed by atoms with Crippen LogP contribution in [0.2, 0.25) is 0 Å². The third kappa shape index (κ3) is 5.80. The number of carbonyl (C=O) groups is 1. The second kappa shape index (κ2) is 11.3. The first-order chi connectivity index (χ1) is 19.1. The molecule has 1 aliphatic rings. The summed E-state index contributed by atoms with van der Waals surface area (Å²) in [6.07, 6.45) is 1.65. The number of aryl methyl sites for hydroxylation is 1. The van der Waals surface area contributed by atoms with Gasteiger partial charge in [-0.1, -0.05) is 57.2 Å². The summed E-state index contributed by atoms with van der Waals surface area (Å²) in [6.45, 7) is 7.74. The highest BCUT2D eigenvalue weighted by Gasteiger charge is 2.34. The summed E-state index contributed by atoms with van der Waals surface area (Å²) < 4.78 is 24.1. The molecule has 40 heavy (non-hydrogen) atoms. The molecule has 3 heterocycles. The van der Waals surface area contributed by atoms with Crippen molar-refractivity contribution < 1.29 is 13.2 Å². The van der Waals surface area contributed by atoms with E-state index < -0.39 is 9.84 Å². The Balaban J connectivity index is 1.25. The zero-order chi connectivity index (χ0) is 28.4. The number of fused-ring (bicyclic) bond motifs is 1. The number of tetrazole rings is 1. The number of benzene rings is 2. The lowest BCUT2D eigenvalue weighted by molar-refractivity contribution is 0.0950. The lowest BCUT2D eigenvalue weighted by Crippen LogP contribution is -2.25. The highest BCUT2D eigenvalue weighted by atomic mass is 32.2. The van der Waals surface area contributed by atoms with Crippen molar-refractivity contribution in [3.8, 4) is 11.4 Å². The van der Waals surface area contributed by atoms with Crippen molar-refractivity contribution in [2.24, 2.45) is 13.0 Å². The molecule has 2 aromatic carbocycles. The smallest absolute Gasteiger partial charge is 0.253 e. The summed E-state index contributed by atoms with van der Waals surface area (Å²) in [5, 5.41) is 15.2. The Morgan fingerprint density at radius 3 is 2.40 bits per heavy atom. The van der Waals surface area contributed by atoms with Crippen molar-refractivity contribution in [3.63, 3.8) is 0 Å². The normalized spacial score (nSPS) is 15.4. The number of carbonyl (C=O) groups excluding carboxylic acids is 1. The van der Waals surface area contributed by atoms with E-state index in [0.717, 1.165) is 28.9 Å². The first kappa shape index (κ1) is 27.6. The van der Waals surface area contributed by atoms with Crippen LogP contribution in [0.15, 0.2) is 65.7 Å². The van der Waals surface area contributed by atoms with Gasteiger partial charge in [0.1, 0.15) is 0 Å². The Hall–Kier alpha value is -3.96. The fraction of sp³-hybridized carbons (Fsp3) is 0.345. The highest BCUT2D eigenvalue weighted by molar-refractivity contribution is 7.91. The molecule has 208 valence electrons. The molecule has 0 fully saturated rings. The zero-order valence-electron chi connectivity index (χ0n) is 23.1. The number of nitrogens with zero attached hydrogens (tertiary/aromatic N) is 6. The molecule has 5 rings (SSSR count). The Kier molecular flexibility index (Phi) is 7.77. The summed E-state index contributed by atoms with van der Waals surface area (Å²) in [6, 6.07) is 16.9. The van der Waals surface area contributed by atoms with Gasteiger partial charge in [0.25, 0.3) is 5.91 Å². The van der Waals surface area contributed by atoms with Crippen LogP contribution in [0.5, 0.6) is 0 Å². The fourth-order valence-electron chi connectivity index (χ4n) is 5.08. The molecule has 0 radical (unpaired) electrons. The number of hydrogen-bond acceptors (Lipinski definition) is 8. The first-order valence-electron chi connectivity index (χ1n) is 13.3. The average molecular weight is 560 g/mol. The van der Waals surface area contributed by atoms with Crippen molar-refractivity contribution in [3.05, 3.63) is 88.7 Å². The standard InChI is InChI=1S/C29H33N7O3S/c1-5-40(38,39)25-12-8-20(9-13-25)15-31-29(37)23-14-24-18-36(27(19(2)3)26(24)30-16-23)17-21-6-10-22(11-7-21)28-32-34-35(4)33-28/h6-14,16,19,27H,5,15,17-18H2,1-4H3,(H,31,37). The Bertz CT molecular complexity index is 1610. The predicted molar refractivity (Wildman–Crippen MR) is 151 cm³/mol. The van der Waals surface area contributed by atoms with Gasteiger partial charge in [0.15, 0.2) is 9.84 Å². The van der Waals surface area contributed by atoms with Crippen molar-refractivity contribution in [2.75, 3.05) is 5.75 Å². The van der Waals surface area contributed by atoms with E-state index in [1.54, 1.807) is 44.4 Å². The summed E-state index contributed by atoms with van der Waals surface area (Å²) in [5.74, 6) is 0.778. The molecule has 0 saturated heterocycles. The van der Waals surface area contributed by atoms with Crippen molar-refractivity contribution in [1.29, 1.82) is 0 Å². The van der Waals surface area contributed by atoms with E-state index in [9.17, 15) is 13.2 Å². The second-order valence-electron chi connectivity index (χ2n) is 10.4. The number of hydrogen-bond donors (Lipinski definition) is 1. The summed E-state index contributed by atoms with van der Waals surface area (Å²) in [4.78, 5) is 21.8. The third-order valence-electron chi connectivity index (χ3n) is 7.16. The molecule has 1 amide bonds. The van der Waals surface area contributed by atoms with E-state index in [1.807, 2.05) is 18.2 Å². The Morgan fingerprint density at radius 2 is 1.77 bits per heavy atom. The van der Waals surface area contributed by atoms with E-state index in [-0.39, 0.29) is 22.6 Å². The molecule has 1 aliphatic heterocycles. The quantitative estimate of drug-likeness (QED) is 0.329. The number of nitrogens with one attached hydrogen (secondary N) is 1. The van der Waals surface area contributed by atoms with Crippen molar-refractivity contribution >= 4 is 15.7 Å². The lowest BCUT2D eigenvalue weighted by atomic mass is 9.99. The number of sulfone groups is 1. The molecule has 0 saturated carbocycles. The lowest BCUT2D eigenvalue weighted by Gasteiger charge is -2.27. The van der Waals surface area contributed by atoms with Crippen LogP contribution >= 0.6 is 0 Å². The second-order valence-corrected chi connectivity index (χ2v) is 12.7. The molecule has 1 unspecified atom stereocenters. The van der Waals surface area contributed by atoms with Crippen LogP contribution in [0.25, 0.3) is 11.4 Å². The minimum atomic E-state index is -3.25. The number of amides is 1. The average Bonchev–Trinajstić information content (AvgIpc) is 3.55. The predicted octanol–water partition coefficient (Wildman–Crippen LogP) is 3.71. The monoisotopic (exact) mass is 559 g/mol. The Labute approximate surface area is 234 Å². The van der Waals surface area contributed by atoms with Gasteiger partial charge >= 0.3 is 0 Å². The molecule has 0 aliphatic carbocycles. The van der Waals surface area contributed by atoms with Crippen LogP contribution in [-0.2, 0) is 36.5 Å². The van der Waals surface area contributed by atoms with Gasteiger partial charge in [-0.2, -0.15) is 4.80 Å². The largest absolute Gasteiger partial charge is 0.348 e. The van der Waals surface area contributed by atoms with Gasteiger partial charge in [-0.3, -0.25) is 14.7 Å². The van der Waals surface area contributed by atoms with Crippen LogP contribution in [-0.4, -0.2) is 50.2 Å². The summed E-state index contributed by atoms with van der Waals surface area (Å²) in [5.41, 5.74) is 5.49. The van der Waals surface area contributed by atoms with E-state index >= 15 is 0 Å². The van der Waals surface area contributed by atoms with Crippen LogP contribution < -0.4 is 5.32 Å². The molecule has 11 heteroatoms. The maximum atomic E-state index is 13.0. The van der Waals surface area contributed by atoms with Crippen LogP contribution in [0.1, 0.15) is 59.6 Å². The minimum Gasteiger partial charge on any atom is -0.348 e. The Morgan fingerprint density at radius 1 is 1.07 bits per heavy atom. The van der Waals surface area contributed by atoms with E-state index in [0.29, 0.717) is 30.4 Å². The molecule has 10 nitrogen and oxygen atoms in total. The van der Waals surface area contributed by atoms with Gasteiger partial charge in [-0.05, 0) is 46.0 Å². The molecular formula is C29H33N7O3S. The van der Waals surface area contributed by atoms with E-state index in [2.05, 4.69) is 51.6 Å². The van der Waals surface area contributed by atoms with Gasteiger partial charge in [0.05, 0.1) is 35.0 Å². The molecule has 2 aromatic heterocycles. The topological polar surface area (TPSA) is 123 Å². The first-order valence-corrected chi connectivity index (χ1v) is 15.0. The molecule has 0 bridgehead atoms. The number of aromatic nitrogens is 5. The molecule has 1 atom stereocenters. The maximum Gasteiger partial charge on any atom is 0.253 e. The number of pyridine rings is 1. The van der Waals surface area contributed by atoms with Crippen LogP contribution in [0.4, 0.5) is 0 Å². The summed E-state index contributed by atoms with van der Waals surface area (Å²) >= 11 is 0.